The van der Waals surface area contributed by atoms with Gasteiger partial charge in [-0.1, -0.05) is 17.3 Å². The summed E-state index contributed by atoms with van der Waals surface area (Å²) >= 11 is 0. The number of benzene rings is 1. The van der Waals surface area contributed by atoms with E-state index in [9.17, 15) is 0 Å². The summed E-state index contributed by atoms with van der Waals surface area (Å²) in [5.41, 5.74) is 8.70. The predicted octanol–water partition coefficient (Wildman–Crippen LogP) is 1.47. The van der Waals surface area contributed by atoms with Crippen LogP contribution in [0.1, 0.15) is 11.3 Å². The van der Waals surface area contributed by atoms with E-state index in [1.165, 1.54) is 5.56 Å². The minimum atomic E-state index is 0.593. The van der Waals surface area contributed by atoms with Crippen molar-refractivity contribution in [2.24, 2.45) is 0 Å². The van der Waals surface area contributed by atoms with Gasteiger partial charge < -0.3 is 5.73 Å². The molecule has 2 N–H and O–H groups in total. The SMILES string of the molecule is Cc1cccc(-n2nnc(C)c2N)c1. The van der Waals surface area contributed by atoms with Crippen LogP contribution in [0.15, 0.2) is 24.3 Å². The van der Waals surface area contributed by atoms with Crippen molar-refractivity contribution in [3.8, 4) is 5.69 Å². The van der Waals surface area contributed by atoms with E-state index in [2.05, 4.69) is 10.3 Å². The van der Waals surface area contributed by atoms with E-state index >= 15 is 0 Å². The fourth-order valence-electron chi connectivity index (χ4n) is 1.31. The Balaban J connectivity index is 2.55. The van der Waals surface area contributed by atoms with Crippen LogP contribution in [0.2, 0.25) is 0 Å². The summed E-state index contributed by atoms with van der Waals surface area (Å²) in [5, 5.41) is 7.88. The van der Waals surface area contributed by atoms with E-state index in [4.69, 9.17) is 5.73 Å². The fourth-order valence-corrected chi connectivity index (χ4v) is 1.31. The monoisotopic (exact) mass is 188 g/mol. The van der Waals surface area contributed by atoms with Crippen molar-refractivity contribution >= 4 is 5.82 Å². The van der Waals surface area contributed by atoms with E-state index in [0.29, 0.717) is 5.82 Å². The number of aryl methyl sites for hydroxylation is 2. The lowest BCUT2D eigenvalue weighted by molar-refractivity contribution is 0.806. The summed E-state index contributed by atoms with van der Waals surface area (Å²) < 4.78 is 1.64. The minimum absolute atomic E-state index is 0.593. The number of hydrogen-bond acceptors (Lipinski definition) is 3. The molecule has 0 aliphatic heterocycles. The molecule has 72 valence electrons. The Morgan fingerprint density at radius 1 is 1.29 bits per heavy atom. The molecule has 0 radical (unpaired) electrons. The lowest BCUT2D eigenvalue weighted by atomic mass is 10.2. The van der Waals surface area contributed by atoms with E-state index in [-0.39, 0.29) is 0 Å². The highest BCUT2D eigenvalue weighted by Crippen LogP contribution is 2.14. The third-order valence-electron chi connectivity index (χ3n) is 2.13. The van der Waals surface area contributed by atoms with E-state index in [1.807, 2.05) is 38.1 Å². The zero-order valence-electron chi connectivity index (χ0n) is 8.23. The third-order valence-corrected chi connectivity index (χ3v) is 2.13. The van der Waals surface area contributed by atoms with Gasteiger partial charge in [0.25, 0.3) is 0 Å². The first kappa shape index (κ1) is 8.74. The number of anilines is 1. The second-order valence-corrected chi connectivity index (χ2v) is 3.31. The van der Waals surface area contributed by atoms with Gasteiger partial charge in [0.2, 0.25) is 0 Å². The first-order valence-corrected chi connectivity index (χ1v) is 4.43. The second kappa shape index (κ2) is 3.14. The highest BCUT2D eigenvalue weighted by Gasteiger charge is 2.06. The van der Waals surface area contributed by atoms with Gasteiger partial charge in [-0.3, -0.25) is 0 Å². The van der Waals surface area contributed by atoms with Gasteiger partial charge in [0.05, 0.1) is 5.69 Å². The molecule has 0 fully saturated rings. The lowest BCUT2D eigenvalue weighted by Crippen LogP contribution is -2.02. The largest absolute Gasteiger partial charge is 0.382 e. The molecule has 0 atom stereocenters. The Kier molecular flexibility index (Phi) is 1.96. The van der Waals surface area contributed by atoms with Crippen LogP contribution in [0, 0.1) is 13.8 Å². The van der Waals surface area contributed by atoms with Gasteiger partial charge in [-0.25, -0.2) is 0 Å². The van der Waals surface area contributed by atoms with Crippen LogP contribution < -0.4 is 5.73 Å². The number of nitrogen functional groups attached to an aromatic ring is 1. The molecule has 0 aliphatic carbocycles. The molecular weight excluding hydrogens is 176 g/mol. The summed E-state index contributed by atoms with van der Waals surface area (Å²) in [5.74, 6) is 0.593. The van der Waals surface area contributed by atoms with Crippen LogP contribution in [0.25, 0.3) is 5.69 Å². The minimum Gasteiger partial charge on any atom is -0.382 e. The highest BCUT2D eigenvalue weighted by atomic mass is 15.4. The molecule has 4 heteroatoms. The lowest BCUT2D eigenvalue weighted by Gasteiger charge is -2.03. The smallest absolute Gasteiger partial charge is 0.150 e. The Hall–Kier alpha value is -1.84. The van der Waals surface area contributed by atoms with Crippen molar-refractivity contribution in [3.63, 3.8) is 0 Å². The molecule has 0 aliphatic rings. The van der Waals surface area contributed by atoms with Crippen molar-refractivity contribution in [2.75, 3.05) is 5.73 Å². The van der Waals surface area contributed by atoms with Crippen molar-refractivity contribution in [3.05, 3.63) is 35.5 Å². The second-order valence-electron chi connectivity index (χ2n) is 3.31. The number of aromatic nitrogens is 3. The topological polar surface area (TPSA) is 56.7 Å². The summed E-state index contributed by atoms with van der Waals surface area (Å²) in [6.45, 7) is 3.87. The van der Waals surface area contributed by atoms with Crippen LogP contribution >= 0.6 is 0 Å². The normalized spacial score (nSPS) is 10.4. The van der Waals surface area contributed by atoms with E-state index in [1.54, 1.807) is 4.68 Å². The maximum Gasteiger partial charge on any atom is 0.150 e. The Bertz CT molecular complexity index is 459. The van der Waals surface area contributed by atoms with Crippen LogP contribution in [-0.2, 0) is 0 Å². The first-order valence-electron chi connectivity index (χ1n) is 4.43. The molecule has 0 bridgehead atoms. The highest BCUT2D eigenvalue weighted by molar-refractivity contribution is 5.44. The molecule has 0 amide bonds. The van der Waals surface area contributed by atoms with Crippen LogP contribution in [0.4, 0.5) is 5.82 Å². The molecule has 0 spiro atoms. The Morgan fingerprint density at radius 3 is 2.64 bits per heavy atom. The molecule has 4 nitrogen and oxygen atoms in total. The first-order chi connectivity index (χ1) is 6.68. The van der Waals surface area contributed by atoms with Gasteiger partial charge >= 0.3 is 0 Å². The van der Waals surface area contributed by atoms with Crippen LogP contribution in [0.5, 0.6) is 0 Å². The summed E-state index contributed by atoms with van der Waals surface area (Å²) in [4.78, 5) is 0. The maximum atomic E-state index is 5.82. The molecule has 2 rings (SSSR count). The molecule has 0 saturated heterocycles. The van der Waals surface area contributed by atoms with Crippen LogP contribution in [-0.4, -0.2) is 15.0 Å². The van der Waals surface area contributed by atoms with Gasteiger partial charge in [-0.05, 0) is 31.5 Å². The number of nitrogens with zero attached hydrogens (tertiary/aromatic N) is 3. The Labute approximate surface area is 82.4 Å². The van der Waals surface area contributed by atoms with Gasteiger partial charge in [-0.15, -0.1) is 5.10 Å². The molecule has 0 saturated carbocycles. The van der Waals surface area contributed by atoms with E-state index < -0.39 is 0 Å². The van der Waals surface area contributed by atoms with Gasteiger partial charge in [0.15, 0.2) is 5.82 Å². The summed E-state index contributed by atoms with van der Waals surface area (Å²) in [6.07, 6.45) is 0. The summed E-state index contributed by atoms with van der Waals surface area (Å²) in [6, 6.07) is 7.98. The fraction of sp³-hybridized carbons (Fsp3) is 0.200. The molecule has 1 aromatic heterocycles. The molecule has 2 aromatic rings. The van der Waals surface area contributed by atoms with Crippen molar-refractivity contribution in [1.82, 2.24) is 15.0 Å². The quantitative estimate of drug-likeness (QED) is 0.737. The molecule has 14 heavy (non-hydrogen) atoms. The molecule has 0 unspecified atom stereocenters. The predicted molar refractivity (Wildman–Crippen MR) is 55.2 cm³/mol. The third kappa shape index (κ3) is 1.35. The number of nitrogens with two attached hydrogens (primary N) is 1. The maximum absolute atomic E-state index is 5.82. The zero-order chi connectivity index (χ0) is 10.1. The standard InChI is InChI=1S/C10H12N4/c1-7-4-3-5-9(6-7)14-10(11)8(2)12-13-14/h3-6H,11H2,1-2H3. The van der Waals surface area contributed by atoms with E-state index in [0.717, 1.165) is 11.4 Å². The number of hydrogen-bond donors (Lipinski definition) is 1. The molecule has 1 aromatic carbocycles. The van der Waals surface area contributed by atoms with Gasteiger partial charge in [0.1, 0.15) is 5.69 Å². The zero-order valence-corrected chi connectivity index (χ0v) is 8.23. The van der Waals surface area contributed by atoms with Crippen LogP contribution in [0.3, 0.4) is 0 Å². The Morgan fingerprint density at radius 2 is 2.07 bits per heavy atom. The van der Waals surface area contributed by atoms with Gasteiger partial charge in [-0.2, -0.15) is 4.68 Å². The molecular formula is C10H12N4. The average molecular weight is 188 g/mol. The molecule has 1 heterocycles. The average Bonchev–Trinajstić information content (AvgIpc) is 2.48. The van der Waals surface area contributed by atoms with Crippen molar-refractivity contribution in [2.45, 2.75) is 13.8 Å². The van der Waals surface area contributed by atoms with Crippen molar-refractivity contribution in [1.29, 1.82) is 0 Å². The number of rotatable bonds is 1. The van der Waals surface area contributed by atoms with Crippen molar-refractivity contribution < 1.29 is 0 Å². The summed E-state index contributed by atoms with van der Waals surface area (Å²) in [7, 11) is 0. The van der Waals surface area contributed by atoms with Gasteiger partial charge in [0, 0.05) is 0 Å².